The molecule has 41 heavy (non-hydrogen) atoms. The molecule has 2 aromatic heterocycles. The minimum Gasteiger partial charge on any atom is -0.486 e. The van der Waals surface area contributed by atoms with E-state index in [9.17, 15) is 23.9 Å². The molecule has 1 N–H and O–H groups in total. The fourth-order valence-corrected chi connectivity index (χ4v) is 3.88. The molecule has 5 rings (SSSR count). The first-order valence-corrected chi connectivity index (χ1v) is 13.0. The Labute approximate surface area is 236 Å². The molecule has 0 atom stereocenters. The quantitative estimate of drug-likeness (QED) is 0.281. The average molecular weight is 563 g/mol. The lowest BCUT2D eigenvalue weighted by molar-refractivity contribution is -0.134. The molecule has 0 saturated carbocycles. The van der Waals surface area contributed by atoms with E-state index in [0.717, 1.165) is 28.5 Å². The third-order valence-corrected chi connectivity index (χ3v) is 5.84. The van der Waals surface area contributed by atoms with Crippen LogP contribution in [0.4, 0.5) is 4.39 Å². The molecule has 4 aromatic rings. The van der Waals surface area contributed by atoms with Crippen molar-refractivity contribution in [1.82, 2.24) is 9.55 Å². The number of ether oxygens (including phenoxy) is 3. The van der Waals surface area contributed by atoms with Crippen LogP contribution in [0, 0.1) is 5.82 Å². The number of nitrogens with zero attached hydrogens (tertiary/aromatic N) is 2. The second-order valence-electron chi connectivity index (χ2n) is 8.40. The largest absolute Gasteiger partial charge is 0.486 e. The zero-order valence-corrected chi connectivity index (χ0v) is 23.2. The van der Waals surface area contributed by atoms with Crippen LogP contribution >= 0.6 is 0 Å². The molecule has 1 aliphatic heterocycles. The highest BCUT2D eigenvalue weighted by Crippen LogP contribution is 2.38. The molecule has 9 nitrogen and oxygen atoms in total. The molecular weight excluding hydrogens is 531 g/mol. The molecule has 3 heterocycles. The summed E-state index contributed by atoms with van der Waals surface area (Å²) in [6, 6.07) is 15.0. The van der Waals surface area contributed by atoms with E-state index in [1.807, 2.05) is 51.1 Å². The van der Waals surface area contributed by atoms with Crippen LogP contribution in [0.25, 0.3) is 17.2 Å². The van der Waals surface area contributed by atoms with Gasteiger partial charge < -0.3 is 19.3 Å². The maximum absolute atomic E-state index is 13.3. The summed E-state index contributed by atoms with van der Waals surface area (Å²) in [4.78, 5) is 41.3. The van der Waals surface area contributed by atoms with Crippen molar-refractivity contribution >= 4 is 29.5 Å². The topological polar surface area (TPSA) is 117 Å². The van der Waals surface area contributed by atoms with Crippen molar-refractivity contribution in [2.75, 3.05) is 13.7 Å². The van der Waals surface area contributed by atoms with Crippen LogP contribution in [0.2, 0.25) is 0 Å². The van der Waals surface area contributed by atoms with Gasteiger partial charge in [-0.3, -0.25) is 19.1 Å². The molecule has 214 valence electrons. The van der Waals surface area contributed by atoms with Crippen LogP contribution in [0.15, 0.2) is 71.3 Å². The molecule has 2 aromatic carbocycles. The van der Waals surface area contributed by atoms with Crippen molar-refractivity contribution in [2.24, 2.45) is 0 Å². The number of hydrogen-bond acceptors (Lipinski definition) is 7. The summed E-state index contributed by atoms with van der Waals surface area (Å²) in [6.07, 6.45) is 3.07. The number of aromatic nitrogens is 2. The number of rotatable bonds is 8. The smallest absolute Gasteiger partial charge is 0.373 e. The van der Waals surface area contributed by atoms with Gasteiger partial charge in [0.15, 0.2) is 17.8 Å². The van der Waals surface area contributed by atoms with Gasteiger partial charge in [-0.15, -0.1) is 0 Å². The summed E-state index contributed by atoms with van der Waals surface area (Å²) in [6.45, 7) is 6.85. The molecule has 0 fully saturated rings. The van der Waals surface area contributed by atoms with Gasteiger partial charge in [0.2, 0.25) is 5.76 Å². The number of carboxylic acid groups (broad SMARTS) is 1. The molecule has 0 saturated heterocycles. The fourth-order valence-electron chi connectivity index (χ4n) is 3.88. The number of methoxy groups -OCH3 is 1. The van der Waals surface area contributed by atoms with Crippen LogP contribution < -0.4 is 15.0 Å². The maximum Gasteiger partial charge on any atom is 0.373 e. The molecule has 0 radical (unpaired) electrons. The van der Waals surface area contributed by atoms with Crippen LogP contribution in [0.1, 0.15) is 47.8 Å². The number of benzene rings is 2. The number of carboxylic acids is 1. The van der Waals surface area contributed by atoms with Gasteiger partial charge in [0.25, 0.3) is 5.56 Å². The van der Waals surface area contributed by atoms with E-state index in [4.69, 9.17) is 9.47 Å². The van der Waals surface area contributed by atoms with Crippen LogP contribution in [0.3, 0.4) is 0 Å². The minimum atomic E-state index is -1.39. The SMILES string of the molecule is CC.CCOC.O=Cc1c(OCc2ccccc2)c2ncc(Cc3ccc(F)cc3)c3c2n(c1=O)C=C(C(=O)O)O3. The highest BCUT2D eigenvalue weighted by molar-refractivity contribution is 5.99. The second kappa shape index (κ2) is 14.5. The van der Waals surface area contributed by atoms with Crippen molar-refractivity contribution in [1.29, 1.82) is 0 Å². The molecule has 0 spiro atoms. The molecule has 0 aliphatic carbocycles. The number of carbonyl (C=O) groups is 2. The minimum absolute atomic E-state index is 0.0227. The third kappa shape index (κ3) is 7.03. The first-order chi connectivity index (χ1) is 19.9. The lowest BCUT2D eigenvalue weighted by Gasteiger charge is -2.22. The van der Waals surface area contributed by atoms with Crippen molar-refractivity contribution in [3.05, 3.63) is 105 Å². The zero-order chi connectivity index (χ0) is 29.9. The van der Waals surface area contributed by atoms with Gasteiger partial charge in [0, 0.05) is 31.9 Å². The summed E-state index contributed by atoms with van der Waals surface area (Å²) >= 11 is 0. The number of hydrogen-bond donors (Lipinski definition) is 1. The Morgan fingerprint density at radius 2 is 1.76 bits per heavy atom. The van der Waals surface area contributed by atoms with Gasteiger partial charge in [0.05, 0.1) is 6.20 Å². The number of carbonyl (C=O) groups excluding carboxylic acids is 1. The van der Waals surface area contributed by atoms with Gasteiger partial charge in [-0.25, -0.2) is 9.18 Å². The zero-order valence-electron chi connectivity index (χ0n) is 23.2. The number of halogens is 1. The molecule has 0 bridgehead atoms. The van der Waals surface area contributed by atoms with Gasteiger partial charge in [-0.1, -0.05) is 56.3 Å². The highest BCUT2D eigenvalue weighted by atomic mass is 19.1. The summed E-state index contributed by atoms with van der Waals surface area (Å²) in [7, 11) is 1.68. The fraction of sp³-hybridized carbons (Fsp3) is 0.226. The van der Waals surface area contributed by atoms with Gasteiger partial charge >= 0.3 is 5.97 Å². The van der Waals surface area contributed by atoms with Crippen LogP contribution in [-0.4, -0.2) is 40.6 Å². The van der Waals surface area contributed by atoms with Gasteiger partial charge in [-0.05, 0) is 30.2 Å². The van der Waals surface area contributed by atoms with E-state index in [2.05, 4.69) is 9.72 Å². The average Bonchev–Trinajstić information content (AvgIpc) is 3.01. The normalized spacial score (nSPS) is 11.2. The highest BCUT2D eigenvalue weighted by Gasteiger charge is 2.29. The number of aliphatic carboxylic acids is 1. The molecule has 0 unspecified atom stereocenters. The predicted octanol–water partition coefficient (Wildman–Crippen LogP) is 5.47. The van der Waals surface area contributed by atoms with Crippen LogP contribution in [0.5, 0.6) is 11.5 Å². The maximum atomic E-state index is 13.3. The Balaban J connectivity index is 0.000000710. The predicted molar refractivity (Wildman–Crippen MR) is 153 cm³/mol. The van der Waals surface area contributed by atoms with Gasteiger partial charge in [-0.2, -0.15) is 0 Å². The van der Waals surface area contributed by atoms with Crippen molar-refractivity contribution in [2.45, 2.75) is 33.8 Å². The molecular formula is C31H31FN2O7. The van der Waals surface area contributed by atoms with E-state index in [0.29, 0.717) is 11.8 Å². The Morgan fingerprint density at radius 1 is 1.10 bits per heavy atom. The number of aldehydes is 1. The monoisotopic (exact) mass is 562 g/mol. The van der Waals surface area contributed by atoms with E-state index >= 15 is 0 Å². The molecule has 10 heteroatoms. The Morgan fingerprint density at radius 3 is 2.34 bits per heavy atom. The van der Waals surface area contributed by atoms with E-state index < -0.39 is 23.1 Å². The van der Waals surface area contributed by atoms with E-state index in [1.54, 1.807) is 19.2 Å². The first kappa shape index (κ1) is 30.7. The van der Waals surface area contributed by atoms with Crippen molar-refractivity contribution in [3.63, 3.8) is 0 Å². The van der Waals surface area contributed by atoms with Crippen LogP contribution in [-0.2, 0) is 22.6 Å². The first-order valence-electron chi connectivity index (χ1n) is 13.0. The second-order valence-corrected chi connectivity index (χ2v) is 8.40. The summed E-state index contributed by atoms with van der Waals surface area (Å²) in [5.74, 6) is -2.21. The summed E-state index contributed by atoms with van der Waals surface area (Å²) in [5, 5.41) is 9.55. The van der Waals surface area contributed by atoms with Gasteiger partial charge in [0.1, 0.15) is 29.0 Å². The summed E-state index contributed by atoms with van der Waals surface area (Å²) < 4.78 is 30.5. The Bertz CT molecular complexity index is 1600. The van der Waals surface area contributed by atoms with E-state index in [1.165, 1.54) is 18.3 Å². The lowest BCUT2D eigenvalue weighted by atomic mass is 10.0. The molecule has 0 amide bonds. The number of pyridine rings is 2. The molecule has 1 aliphatic rings. The standard InChI is InChI=1S/C26H17FN2O6.C3H8O.C2H6/c27-18-8-6-15(7-9-18)10-17-11-28-21-22-23(17)35-20(26(32)33)12-29(22)25(31)19(13-30)24(21)34-14-16-4-2-1-3-5-16;1-3-4-2;1-2/h1-9,11-13H,10,14H2,(H,32,33);3H2,1-2H3;1-2H3. The van der Waals surface area contributed by atoms with Crippen molar-refractivity contribution in [3.8, 4) is 11.5 Å². The third-order valence-electron chi connectivity index (χ3n) is 5.84. The van der Waals surface area contributed by atoms with Crippen molar-refractivity contribution < 1.29 is 33.3 Å². The lowest BCUT2D eigenvalue weighted by Crippen LogP contribution is -2.27. The van der Waals surface area contributed by atoms with E-state index in [-0.39, 0.29) is 41.1 Å². The summed E-state index contributed by atoms with van der Waals surface area (Å²) in [5.41, 5.74) is 1.29. The Kier molecular flexibility index (Phi) is 10.9. The Hall–Kier alpha value is -4.83.